The molecular formula is C24H23N3O6. The molecule has 0 unspecified atom stereocenters. The average molecular weight is 449 g/mol. The van der Waals surface area contributed by atoms with Crippen LogP contribution in [0.5, 0.6) is 11.5 Å². The zero-order valence-corrected chi connectivity index (χ0v) is 18.0. The van der Waals surface area contributed by atoms with Crippen LogP contribution >= 0.6 is 0 Å². The fourth-order valence-corrected chi connectivity index (χ4v) is 3.54. The van der Waals surface area contributed by atoms with E-state index in [4.69, 9.17) is 14.2 Å². The largest absolute Gasteiger partial charge is 0.497 e. The standard InChI is InChI=1S/C24H23N3O6/c1-31-18-7-9-19(10-8-18)32-16-24(15-28)13-11-21(33-24)27-14-12-20(26-23(27)30)25-22(29)17-5-3-2-4-6-17/h2-10,12,14-15,21H,11,13,16H2,1H3,(H,25,26,29,30)/t21-,24-/m1/s1. The van der Waals surface area contributed by atoms with Crippen molar-refractivity contribution in [1.29, 1.82) is 0 Å². The molecule has 170 valence electrons. The first-order valence-corrected chi connectivity index (χ1v) is 10.4. The Kier molecular flexibility index (Phi) is 6.50. The molecule has 0 saturated carbocycles. The maximum Gasteiger partial charge on any atom is 0.351 e. The number of hydrogen-bond acceptors (Lipinski definition) is 7. The Morgan fingerprint density at radius 3 is 2.58 bits per heavy atom. The van der Waals surface area contributed by atoms with Gasteiger partial charge in [0, 0.05) is 11.8 Å². The van der Waals surface area contributed by atoms with Crippen molar-refractivity contribution in [2.45, 2.75) is 24.7 Å². The van der Waals surface area contributed by atoms with Crippen LogP contribution in [-0.4, -0.2) is 41.1 Å². The van der Waals surface area contributed by atoms with Crippen molar-refractivity contribution in [2.24, 2.45) is 0 Å². The van der Waals surface area contributed by atoms with E-state index in [1.54, 1.807) is 61.7 Å². The lowest BCUT2D eigenvalue weighted by Crippen LogP contribution is -2.38. The molecule has 0 radical (unpaired) electrons. The summed E-state index contributed by atoms with van der Waals surface area (Å²) in [7, 11) is 1.57. The summed E-state index contributed by atoms with van der Waals surface area (Å²) in [4.78, 5) is 40.6. The van der Waals surface area contributed by atoms with Gasteiger partial charge in [0.15, 0.2) is 11.9 Å². The van der Waals surface area contributed by atoms with E-state index < -0.39 is 17.5 Å². The van der Waals surface area contributed by atoms with Crippen molar-refractivity contribution in [3.63, 3.8) is 0 Å². The van der Waals surface area contributed by atoms with Crippen molar-refractivity contribution in [1.82, 2.24) is 9.55 Å². The molecule has 0 aliphatic carbocycles. The average Bonchev–Trinajstić information content (AvgIpc) is 3.28. The van der Waals surface area contributed by atoms with Gasteiger partial charge in [0.2, 0.25) is 0 Å². The molecule has 9 heteroatoms. The van der Waals surface area contributed by atoms with E-state index >= 15 is 0 Å². The molecule has 1 aromatic heterocycles. The Morgan fingerprint density at radius 1 is 1.18 bits per heavy atom. The fourth-order valence-electron chi connectivity index (χ4n) is 3.54. The molecule has 1 N–H and O–H groups in total. The molecule has 2 heterocycles. The molecular weight excluding hydrogens is 426 g/mol. The highest BCUT2D eigenvalue weighted by Crippen LogP contribution is 2.35. The maximum absolute atomic E-state index is 12.6. The first kappa shape index (κ1) is 22.2. The van der Waals surface area contributed by atoms with Crippen LogP contribution in [0, 0.1) is 0 Å². The quantitative estimate of drug-likeness (QED) is 0.527. The minimum Gasteiger partial charge on any atom is -0.497 e. The number of carbonyl (C=O) groups excluding carboxylic acids is 2. The predicted octanol–water partition coefficient (Wildman–Crippen LogP) is 2.83. The summed E-state index contributed by atoms with van der Waals surface area (Å²) < 4.78 is 18.1. The molecule has 1 aliphatic rings. The molecule has 1 amide bonds. The highest BCUT2D eigenvalue weighted by atomic mass is 16.6. The zero-order valence-electron chi connectivity index (χ0n) is 18.0. The summed E-state index contributed by atoms with van der Waals surface area (Å²) in [5, 5.41) is 2.60. The molecule has 0 bridgehead atoms. The van der Waals surface area contributed by atoms with Gasteiger partial charge in [0.25, 0.3) is 5.91 Å². The van der Waals surface area contributed by atoms with Gasteiger partial charge in [-0.05, 0) is 55.3 Å². The number of hydrogen-bond donors (Lipinski definition) is 1. The first-order chi connectivity index (χ1) is 16.0. The minimum absolute atomic E-state index is 0.00667. The van der Waals surface area contributed by atoms with Crippen LogP contribution < -0.4 is 20.5 Å². The van der Waals surface area contributed by atoms with Crippen LogP contribution in [0.25, 0.3) is 0 Å². The number of amides is 1. The zero-order chi connectivity index (χ0) is 23.3. The van der Waals surface area contributed by atoms with Gasteiger partial charge in [-0.1, -0.05) is 18.2 Å². The molecule has 1 saturated heterocycles. The smallest absolute Gasteiger partial charge is 0.351 e. The number of rotatable bonds is 8. The monoisotopic (exact) mass is 449 g/mol. The molecule has 0 spiro atoms. The number of ether oxygens (including phenoxy) is 3. The lowest BCUT2D eigenvalue weighted by molar-refractivity contribution is -0.139. The molecule has 9 nitrogen and oxygen atoms in total. The van der Waals surface area contributed by atoms with Gasteiger partial charge in [-0.3, -0.25) is 14.2 Å². The van der Waals surface area contributed by atoms with Gasteiger partial charge in [-0.2, -0.15) is 4.98 Å². The second-order valence-electron chi connectivity index (χ2n) is 7.58. The van der Waals surface area contributed by atoms with E-state index in [1.807, 2.05) is 0 Å². The highest BCUT2D eigenvalue weighted by Gasteiger charge is 2.42. The van der Waals surface area contributed by atoms with Crippen LogP contribution in [0.4, 0.5) is 5.82 Å². The summed E-state index contributed by atoms with van der Waals surface area (Å²) in [6.07, 6.45) is 2.35. The van der Waals surface area contributed by atoms with Gasteiger partial charge in [-0.25, -0.2) is 4.79 Å². The molecule has 1 aliphatic heterocycles. The van der Waals surface area contributed by atoms with E-state index in [9.17, 15) is 14.4 Å². The van der Waals surface area contributed by atoms with Crippen LogP contribution in [0.3, 0.4) is 0 Å². The molecule has 3 aromatic rings. The van der Waals surface area contributed by atoms with Gasteiger partial charge in [0.05, 0.1) is 7.11 Å². The van der Waals surface area contributed by atoms with Crippen molar-refractivity contribution >= 4 is 18.0 Å². The first-order valence-electron chi connectivity index (χ1n) is 10.4. The fraction of sp³-hybridized carbons (Fsp3) is 0.250. The van der Waals surface area contributed by atoms with Gasteiger partial charge in [0.1, 0.15) is 30.2 Å². The lowest BCUT2D eigenvalue weighted by Gasteiger charge is -2.24. The number of aldehydes is 1. The Balaban J connectivity index is 1.41. The lowest BCUT2D eigenvalue weighted by atomic mass is 10.0. The Morgan fingerprint density at radius 2 is 1.91 bits per heavy atom. The third-order valence-electron chi connectivity index (χ3n) is 5.36. The van der Waals surface area contributed by atoms with E-state index in [1.165, 1.54) is 16.8 Å². The third kappa shape index (κ3) is 5.09. The number of nitrogens with one attached hydrogen (secondary N) is 1. The number of anilines is 1. The number of methoxy groups -OCH3 is 1. The van der Waals surface area contributed by atoms with E-state index in [0.717, 1.165) is 0 Å². The number of benzene rings is 2. The number of nitrogens with zero attached hydrogens (tertiary/aromatic N) is 2. The molecule has 1 fully saturated rings. The van der Waals surface area contributed by atoms with Crippen LogP contribution in [0.1, 0.15) is 29.4 Å². The SMILES string of the molecule is COc1ccc(OC[C@]2(C=O)CC[C@H](n3ccc(NC(=O)c4ccccc4)nc3=O)O2)cc1. The van der Waals surface area contributed by atoms with Gasteiger partial charge >= 0.3 is 5.69 Å². The summed E-state index contributed by atoms with van der Waals surface area (Å²) in [6.45, 7) is 0.00667. The molecule has 2 aromatic carbocycles. The molecule has 4 rings (SSSR count). The Hall–Kier alpha value is -3.98. The van der Waals surface area contributed by atoms with Crippen LogP contribution in [0.15, 0.2) is 71.7 Å². The highest BCUT2D eigenvalue weighted by molar-refractivity contribution is 6.03. The number of aromatic nitrogens is 2. The molecule has 2 atom stereocenters. The van der Waals surface area contributed by atoms with Crippen molar-refractivity contribution in [3.8, 4) is 11.5 Å². The van der Waals surface area contributed by atoms with Crippen molar-refractivity contribution in [2.75, 3.05) is 19.0 Å². The van der Waals surface area contributed by atoms with Crippen LogP contribution in [0.2, 0.25) is 0 Å². The third-order valence-corrected chi connectivity index (χ3v) is 5.36. The normalized spacial score (nSPS) is 19.6. The summed E-state index contributed by atoms with van der Waals surface area (Å²) in [6, 6.07) is 17.1. The second kappa shape index (κ2) is 9.66. The van der Waals surface area contributed by atoms with E-state index in [2.05, 4.69) is 10.3 Å². The summed E-state index contributed by atoms with van der Waals surface area (Å²) in [5.74, 6) is 1.03. The minimum atomic E-state index is -1.18. The summed E-state index contributed by atoms with van der Waals surface area (Å²) >= 11 is 0. The number of carbonyl (C=O) groups is 2. The Labute approximate surface area is 189 Å². The molecule has 33 heavy (non-hydrogen) atoms. The van der Waals surface area contributed by atoms with Crippen molar-refractivity contribution < 1.29 is 23.8 Å². The van der Waals surface area contributed by atoms with E-state index in [0.29, 0.717) is 36.2 Å². The van der Waals surface area contributed by atoms with Gasteiger partial charge in [-0.15, -0.1) is 0 Å². The topological polar surface area (TPSA) is 109 Å². The van der Waals surface area contributed by atoms with Crippen molar-refractivity contribution in [3.05, 3.63) is 82.9 Å². The second-order valence-corrected chi connectivity index (χ2v) is 7.58. The summed E-state index contributed by atoms with van der Waals surface area (Å²) in [5.41, 5.74) is -1.32. The Bertz CT molecular complexity index is 1180. The van der Waals surface area contributed by atoms with Crippen LogP contribution in [-0.2, 0) is 9.53 Å². The van der Waals surface area contributed by atoms with Gasteiger partial charge < -0.3 is 19.5 Å². The maximum atomic E-state index is 12.6. The predicted molar refractivity (Wildman–Crippen MR) is 120 cm³/mol. The van der Waals surface area contributed by atoms with E-state index in [-0.39, 0.29) is 18.3 Å².